The van der Waals surface area contributed by atoms with Crippen LogP contribution in [0.15, 0.2) is 12.2 Å². The largest absolute Gasteiger partial charge is 0.532 e. The van der Waals surface area contributed by atoms with Gasteiger partial charge in [0.25, 0.3) is 0 Å². The smallest absolute Gasteiger partial charge is 0.394 e. The summed E-state index contributed by atoms with van der Waals surface area (Å²) in [7, 11) is -3.95. The van der Waals surface area contributed by atoms with Crippen molar-refractivity contribution >= 4 is 13.8 Å². The van der Waals surface area contributed by atoms with Crippen LogP contribution in [0.1, 0.15) is 26.7 Å². The molecule has 0 fully saturated rings. The quantitative estimate of drug-likeness (QED) is 0.390. The Morgan fingerprint density at radius 2 is 1.94 bits per heavy atom. The highest BCUT2D eigenvalue weighted by atomic mass is 31.2. The molecule has 0 saturated carbocycles. The van der Waals surface area contributed by atoms with Gasteiger partial charge in [0.2, 0.25) is 0 Å². The van der Waals surface area contributed by atoms with Gasteiger partial charge in [-0.3, -0.25) is 9.05 Å². The molecule has 7 heteroatoms. The van der Waals surface area contributed by atoms with E-state index < -0.39 is 13.8 Å². The molecule has 0 aliphatic heterocycles. The van der Waals surface area contributed by atoms with Gasteiger partial charge in [0, 0.05) is 5.57 Å². The van der Waals surface area contributed by atoms with Crippen molar-refractivity contribution in [2.75, 3.05) is 19.8 Å². The number of carbonyl (C=O) groups is 1. The van der Waals surface area contributed by atoms with Crippen molar-refractivity contribution in [3.8, 4) is 0 Å². The maximum Gasteiger partial charge on any atom is 0.532 e. The van der Waals surface area contributed by atoms with Crippen LogP contribution in [-0.4, -0.2) is 30.9 Å². The fourth-order valence-corrected chi connectivity index (χ4v) is 1.94. The fraction of sp³-hybridized carbons (Fsp3) is 0.700. The minimum Gasteiger partial charge on any atom is -0.394 e. The first-order chi connectivity index (χ1) is 7.95. The highest BCUT2D eigenvalue weighted by molar-refractivity contribution is 7.49. The third-order valence-corrected chi connectivity index (χ3v) is 3.02. The molecule has 0 aliphatic rings. The molecule has 1 unspecified atom stereocenters. The summed E-state index contributed by atoms with van der Waals surface area (Å²) in [5, 5.41) is 8.58. The maximum absolute atomic E-state index is 11.9. The molecule has 1 atom stereocenters. The van der Waals surface area contributed by atoms with Gasteiger partial charge in [-0.25, -0.2) is 9.36 Å². The molecule has 0 aliphatic carbocycles. The number of hydrogen-bond donors (Lipinski definition) is 1. The van der Waals surface area contributed by atoms with Gasteiger partial charge in [-0.2, -0.15) is 0 Å². The predicted octanol–water partition coefficient (Wildman–Crippen LogP) is 2.04. The summed E-state index contributed by atoms with van der Waals surface area (Å²) in [6.45, 7) is 6.30. The van der Waals surface area contributed by atoms with E-state index in [1.807, 2.05) is 6.92 Å². The van der Waals surface area contributed by atoms with Gasteiger partial charge in [0.05, 0.1) is 19.8 Å². The van der Waals surface area contributed by atoms with E-state index in [1.54, 1.807) is 0 Å². The Morgan fingerprint density at radius 1 is 1.35 bits per heavy atom. The summed E-state index contributed by atoms with van der Waals surface area (Å²) in [6.07, 6.45) is 1.51. The van der Waals surface area contributed by atoms with Crippen molar-refractivity contribution < 1.29 is 28.0 Å². The topological polar surface area (TPSA) is 82.1 Å². The Kier molecular flexibility index (Phi) is 8.08. The molecule has 0 radical (unpaired) electrons. The highest BCUT2D eigenvalue weighted by Gasteiger charge is 2.31. The average molecular weight is 266 g/mol. The number of aliphatic hydroxyl groups excluding tert-OH is 1. The van der Waals surface area contributed by atoms with Crippen LogP contribution in [0.3, 0.4) is 0 Å². The van der Waals surface area contributed by atoms with Gasteiger partial charge in [-0.1, -0.05) is 19.9 Å². The Hall–Kier alpha value is -0.680. The molecule has 0 saturated heterocycles. The zero-order valence-electron chi connectivity index (χ0n) is 10.2. The summed E-state index contributed by atoms with van der Waals surface area (Å²) in [6, 6.07) is 0. The van der Waals surface area contributed by atoms with E-state index in [0.717, 1.165) is 6.42 Å². The van der Waals surface area contributed by atoms with Gasteiger partial charge in [-0.15, -0.1) is 0 Å². The number of hydrogen-bond acceptors (Lipinski definition) is 6. The molecule has 0 spiro atoms. The van der Waals surface area contributed by atoms with Crippen LogP contribution in [0.4, 0.5) is 0 Å². The number of rotatable bonds is 9. The average Bonchev–Trinajstić information content (AvgIpc) is 2.26. The third kappa shape index (κ3) is 7.28. The van der Waals surface area contributed by atoms with E-state index in [2.05, 4.69) is 11.1 Å². The first-order valence-electron chi connectivity index (χ1n) is 5.34. The van der Waals surface area contributed by atoms with Crippen molar-refractivity contribution in [2.24, 2.45) is 0 Å². The Balaban J connectivity index is 4.43. The number of carbonyl (C=O) groups excluding carboxylic acids is 1. The van der Waals surface area contributed by atoms with Crippen LogP contribution in [-0.2, 0) is 22.9 Å². The van der Waals surface area contributed by atoms with Gasteiger partial charge in [0.15, 0.2) is 0 Å². The van der Waals surface area contributed by atoms with Crippen molar-refractivity contribution in [1.29, 1.82) is 0 Å². The highest BCUT2D eigenvalue weighted by Crippen LogP contribution is 2.49. The van der Waals surface area contributed by atoms with E-state index in [0.29, 0.717) is 6.42 Å². The minimum absolute atomic E-state index is 0.0944. The van der Waals surface area contributed by atoms with Gasteiger partial charge >= 0.3 is 13.8 Å². The number of unbranched alkanes of at least 4 members (excludes halogenated alkanes) is 1. The van der Waals surface area contributed by atoms with E-state index >= 15 is 0 Å². The molecule has 17 heavy (non-hydrogen) atoms. The molecule has 0 bridgehead atoms. The summed E-state index contributed by atoms with van der Waals surface area (Å²) < 4.78 is 26.2. The molecule has 0 aromatic heterocycles. The van der Waals surface area contributed by atoms with Crippen LogP contribution in [0.5, 0.6) is 0 Å². The predicted molar refractivity (Wildman–Crippen MR) is 62.4 cm³/mol. The van der Waals surface area contributed by atoms with Gasteiger partial charge in [0.1, 0.15) is 0 Å². The minimum atomic E-state index is -3.95. The van der Waals surface area contributed by atoms with Crippen LogP contribution in [0, 0.1) is 0 Å². The molecule has 0 heterocycles. The van der Waals surface area contributed by atoms with E-state index in [9.17, 15) is 9.36 Å². The number of phosphoric acid groups is 1. The molecule has 1 N–H and O–H groups in total. The lowest BCUT2D eigenvalue weighted by atomic mass is 10.4. The fourth-order valence-electron chi connectivity index (χ4n) is 0.743. The molecule has 100 valence electrons. The lowest BCUT2D eigenvalue weighted by Gasteiger charge is -2.16. The normalized spacial score (nSPS) is 14.1. The SMILES string of the molecule is C=C(C)C(=O)OP(=O)(OCCO)OCCCC. The summed E-state index contributed by atoms with van der Waals surface area (Å²) in [4.78, 5) is 11.2. The van der Waals surface area contributed by atoms with Crippen molar-refractivity contribution in [2.45, 2.75) is 26.7 Å². The first kappa shape index (κ1) is 16.3. The number of phosphoric ester groups is 1. The standard InChI is InChI=1S/C10H19O6P/c1-4-5-7-14-17(13,15-8-6-11)16-10(12)9(2)3/h11H,2,4-8H2,1,3H3. The molecule has 0 rings (SSSR count). The van der Waals surface area contributed by atoms with Crippen LogP contribution < -0.4 is 0 Å². The van der Waals surface area contributed by atoms with Gasteiger partial charge in [-0.05, 0) is 13.3 Å². The third-order valence-electron chi connectivity index (χ3n) is 1.63. The molecule has 0 amide bonds. The second-order valence-electron chi connectivity index (χ2n) is 3.35. The molecular weight excluding hydrogens is 247 g/mol. The molecule has 0 aromatic carbocycles. The van der Waals surface area contributed by atoms with E-state index in [-0.39, 0.29) is 25.4 Å². The van der Waals surface area contributed by atoms with Crippen molar-refractivity contribution in [3.63, 3.8) is 0 Å². The monoisotopic (exact) mass is 266 g/mol. The van der Waals surface area contributed by atoms with Crippen LogP contribution in [0.25, 0.3) is 0 Å². The van der Waals surface area contributed by atoms with Crippen molar-refractivity contribution in [1.82, 2.24) is 0 Å². The van der Waals surface area contributed by atoms with Crippen LogP contribution >= 0.6 is 7.82 Å². The zero-order valence-corrected chi connectivity index (χ0v) is 11.1. The Morgan fingerprint density at radius 3 is 2.41 bits per heavy atom. The second-order valence-corrected chi connectivity index (χ2v) is 4.94. The number of aliphatic hydroxyl groups is 1. The molecule has 6 nitrogen and oxygen atoms in total. The first-order valence-corrected chi connectivity index (χ1v) is 6.80. The molecule has 0 aromatic rings. The molecular formula is C10H19O6P. The summed E-state index contributed by atoms with van der Waals surface area (Å²) in [5.74, 6) is -0.845. The van der Waals surface area contributed by atoms with E-state index in [1.165, 1.54) is 6.92 Å². The van der Waals surface area contributed by atoms with Gasteiger partial charge < -0.3 is 9.63 Å². The summed E-state index contributed by atoms with van der Waals surface area (Å²) in [5.41, 5.74) is 0.0944. The maximum atomic E-state index is 11.9. The second kappa shape index (κ2) is 8.42. The summed E-state index contributed by atoms with van der Waals surface area (Å²) >= 11 is 0. The van der Waals surface area contributed by atoms with E-state index in [4.69, 9.17) is 14.2 Å². The lowest BCUT2D eigenvalue weighted by molar-refractivity contribution is -0.132. The van der Waals surface area contributed by atoms with Crippen LogP contribution in [0.2, 0.25) is 0 Å². The Labute approximate surface area is 101 Å². The Bertz CT molecular complexity index is 301. The zero-order chi connectivity index (χ0) is 13.3. The van der Waals surface area contributed by atoms with Crippen molar-refractivity contribution in [3.05, 3.63) is 12.2 Å². The lowest BCUT2D eigenvalue weighted by Crippen LogP contribution is -2.10.